The van der Waals surface area contributed by atoms with Crippen molar-refractivity contribution < 1.29 is 19.1 Å². The molecule has 9 nitrogen and oxygen atoms in total. The average Bonchev–Trinajstić information content (AvgIpc) is 3.37. The number of carbonyl (C=O) groups excluding carboxylic acids is 2. The summed E-state index contributed by atoms with van der Waals surface area (Å²) in [5, 5.41) is 5.63. The highest BCUT2D eigenvalue weighted by Gasteiger charge is 2.27. The molecule has 5 rings (SSSR count). The first kappa shape index (κ1) is 27.6. The van der Waals surface area contributed by atoms with Gasteiger partial charge in [-0.1, -0.05) is 55.0 Å². The summed E-state index contributed by atoms with van der Waals surface area (Å²) in [4.78, 5) is 45.3. The summed E-state index contributed by atoms with van der Waals surface area (Å²) < 4.78 is 12.6. The highest BCUT2D eigenvalue weighted by molar-refractivity contribution is 7.19. The fraction of sp³-hybridized carbons (Fsp3) is 0.161. The standard InChI is InChI=1S/C31H28N4O5S/c1-3-10-21-19-26(36)35-27(29(37)34-24-13-8-9-14-25(24)39-4-2)28(41-31(35)33-21)30(38)32-20-15-17-23(18-16-20)40-22-11-6-5-7-12-22/h5-9,11-19H,3-4,10H2,1-2H3,(H,32,38)(H,34,37). The van der Waals surface area contributed by atoms with E-state index < -0.39 is 17.4 Å². The minimum atomic E-state index is -0.632. The molecule has 0 saturated carbocycles. The van der Waals surface area contributed by atoms with Gasteiger partial charge in [-0.15, -0.1) is 0 Å². The number of thiazole rings is 1. The van der Waals surface area contributed by atoms with Gasteiger partial charge in [0, 0.05) is 17.4 Å². The van der Waals surface area contributed by atoms with E-state index in [1.54, 1.807) is 48.5 Å². The molecule has 3 aromatic carbocycles. The molecule has 2 N–H and O–H groups in total. The first-order valence-corrected chi connectivity index (χ1v) is 14.0. The quantitative estimate of drug-likeness (QED) is 0.202. The molecule has 0 radical (unpaired) electrons. The first-order valence-electron chi connectivity index (χ1n) is 13.2. The van der Waals surface area contributed by atoms with Crippen LogP contribution in [0.3, 0.4) is 0 Å². The van der Waals surface area contributed by atoms with Crippen molar-refractivity contribution in [1.82, 2.24) is 9.38 Å². The van der Waals surface area contributed by atoms with Gasteiger partial charge in [-0.3, -0.25) is 14.4 Å². The molecule has 0 aliphatic heterocycles. The second-order valence-electron chi connectivity index (χ2n) is 9.01. The SMILES string of the molecule is CCCc1cc(=O)n2c(C(=O)Nc3ccccc3OCC)c(C(=O)Nc3ccc(Oc4ccccc4)cc3)sc2n1. The Labute approximate surface area is 240 Å². The van der Waals surface area contributed by atoms with E-state index in [1.165, 1.54) is 10.5 Å². The van der Waals surface area contributed by atoms with Crippen LogP contribution in [0.25, 0.3) is 4.96 Å². The van der Waals surface area contributed by atoms with Gasteiger partial charge in [-0.25, -0.2) is 9.38 Å². The van der Waals surface area contributed by atoms with Crippen LogP contribution < -0.4 is 25.7 Å². The zero-order chi connectivity index (χ0) is 28.8. The lowest BCUT2D eigenvalue weighted by atomic mass is 10.2. The Kier molecular flexibility index (Phi) is 8.40. The summed E-state index contributed by atoms with van der Waals surface area (Å²) in [5.74, 6) is 0.589. The number of hydrogen-bond donors (Lipinski definition) is 2. The third-order valence-corrected chi connectivity index (χ3v) is 7.07. The van der Waals surface area contributed by atoms with Gasteiger partial charge in [-0.2, -0.15) is 0 Å². The summed E-state index contributed by atoms with van der Waals surface area (Å²) >= 11 is 0.987. The van der Waals surface area contributed by atoms with Gasteiger partial charge in [-0.05, 0) is 61.9 Å². The number of nitrogens with zero attached hydrogens (tertiary/aromatic N) is 2. The van der Waals surface area contributed by atoms with Gasteiger partial charge < -0.3 is 20.1 Å². The predicted octanol–water partition coefficient (Wildman–Crippen LogP) is 6.40. The Hall–Kier alpha value is -4.96. The van der Waals surface area contributed by atoms with Crippen molar-refractivity contribution in [2.45, 2.75) is 26.7 Å². The summed E-state index contributed by atoms with van der Waals surface area (Å²) in [5.41, 5.74) is 0.988. The van der Waals surface area contributed by atoms with Gasteiger partial charge in [0.05, 0.1) is 12.3 Å². The van der Waals surface area contributed by atoms with Gasteiger partial charge in [0.15, 0.2) is 4.96 Å². The van der Waals surface area contributed by atoms with E-state index in [4.69, 9.17) is 9.47 Å². The number of aryl methyl sites for hydroxylation is 1. The number of rotatable bonds is 10. The van der Waals surface area contributed by atoms with Crippen molar-refractivity contribution in [3.8, 4) is 17.2 Å². The van der Waals surface area contributed by atoms with Crippen LogP contribution in [-0.4, -0.2) is 27.8 Å². The van der Waals surface area contributed by atoms with E-state index in [0.717, 1.165) is 17.8 Å². The Morgan fingerprint density at radius 3 is 2.32 bits per heavy atom. The third-order valence-electron chi connectivity index (χ3n) is 6.03. The van der Waals surface area contributed by atoms with Gasteiger partial charge in [0.1, 0.15) is 27.8 Å². The van der Waals surface area contributed by atoms with Crippen molar-refractivity contribution in [2.24, 2.45) is 0 Å². The molecule has 0 aliphatic rings. The lowest BCUT2D eigenvalue weighted by molar-refractivity contribution is 0.0989. The highest BCUT2D eigenvalue weighted by Crippen LogP contribution is 2.28. The fourth-order valence-electron chi connectivity index (χ4n) is 4.22. The number of nitrogens with one attached hydrogen (secondary N) is 2. The van der Waals surface area contributed by atoms with E-state index in [-0.39, 0.29) is 15.5 Å². The number of para-hydroxylation sites is 3. The number of amides is 2. The smallest absolute Gasteiger partial charge is 0.274 e. The lowest BCUT2D eigenvalue weighted by Gasteiger charge is -2.12. The van der Waals surface area contributed by atoms with Crippen LogP contribution in [0.5, 0.6) is 17.2 Å². The Morgan fingerprint density at radius 2 is 1.59 bits per heavy atom. The molecular formula is C31H28N4O5S. The monoisotopic (exact) mass is 568 g/mol. The molecule has 0 unspecified atom stereocenters. The second kappa shape index (κ2) is 12.5. The number of carbonyl (C=O) groups is 2. The Balaban J connectivity index is 1.48. The van der Waals surface area contributed by atoms with Crippen LogP contribution in [0, 0.1) is 0 Å². The fourth-order valence-corrected chi connectivity index (χ4v) is 5.26. The second-order valence-corrected chi connectivity index (χ2v) is 9.99. The maximum absolute atomic E-state index is 13.7. The van der Waals surface area contributed by atoms with Gasteiger partial charge >= 0.3 is 0 Å². The Morgan fingerprint density at radius 1 is 0.878 bits per heavy atom. The molecule has 2 aromatic heterocycles. The summed E-state index contributed by atoms with van der Waals surface area (Å²) in [6.45, 7) is 4.23. The minimum absolute atomic E-state index is 0.0549. The van der Waals surface area contributed by atoms with Crippen molar-refractivity contribution in [1.29, 1.82) is 0 Å². The van der Waals surface area contributed by atoms with Gasteiger partial charge in [0.25, 0.3) is 17.4 Å². The lowest BCUT2D eigenvalue weighted by Crippen LogP contribution is -2.25. The normalized spacial score (nSPS) is 10.8. The van der Waals surface area contributed by atoms with Crippen molar-refractivity contribution in [2.75, 3.05) is 17.2 Å². The van der Waals surface area contributed by atoms with Crippen molar-refractivity contribution >= 4 is 39.5 Å². The maximum Gasteiger partial charge on any atom is 0.274 e. The average molecular weight is 569 g/mol. The van der Waals surface area contributed by atoms with Gasteiger partial charge in [0.2, 0.25) is 0 Å². The first-order chi connectivity index (χ1) is 20.0. The van der Waals surface area contributed by atoms with Crippen molar-refractivity contribution in [3.63, 3.8) is 0 Å². The minimum Gasteiger partial charge on any atom is -0.492 e. The molecule has 2 heterocycles. The molecule has 0 atom stereocenters. The molecule has 208 valence electrons. The number of anilines is 2. The predicted molar refractivity (Wildman–Crippen MR) is 160 cm³/mol. The van der Waals surface area contributed by atoms with E-state index in [1.807, 2.05) is 44.2 Å². The zero-order valence-electron chi connectivity index (χ0n) is 22.5. The molecule has 0 fully saturated rings. The third kappa shape index (κ3) is 6.28. The largest absolute Gasteiger partial charge is 0.492 e. The van der Waals surface area contributed by atoms with Crippen LogP contribution in [0.2, 0.25) is 0 Å². The number of ether oxygens (including phenoxy) is 2. The molecule has 10 heteroatoms. The zero-order valence-corrected chi connectivity index (χ0v) is 23.4. The van der Waals surface area contributed by atoms with E-state index in [2.05, 4.69) is 15.6 Å². The van der Waals surface area contributed by atoms with Crippen LogP contribution in [-0.2, 0) is 6.42 Å². The molecule has 41 heavy (non-hydrogen) atoms. The van der Waals surface area contributed by atoms with Crippen LogP contribution >= 0.6 is 11.3 Å². The van der Waals surface area contributed by atoms with E-state index in [9.17, 15) is 14.4 Å². The molecule has 0 aliphatic carbocycles. The molecule has 2 amide bonds. The van der Waals surface area contributed by atoms with Crippen molar-refractivity contribution in [3.05, 3.63) is 112 Å². The molecule has 5 aromatic rings. The molecule has 0 bridgehead atoms. The molecular weight excluding hydrogens is 540 g/mol. The maximum atomic E-state index is 13.7. The number of fused-ring (bicyclic) bond motifs is 1. The van der Waals surface area contributed by atoms with E-state index in [0.29, 0.717) is 47.3 Å². The van der Waals surface area contributed by atoms with E-state index >= 15 is 0 Å². The van der Waals surface area contributed by atoms with Crippen LogP contribution in [0.15, 0.2) is 89.7 Å². The summed E-state index contributed by atoms with van der Waals surface area (Å²) in [6, 6.07) is 24.6. The molecule has 0 spiro atoms. The summed E-state index contributed by atoms with van der Waals surface area (Å²) in [7, 11) is 0. The molecule has 0 saturated heterocycles. The number of benzene rings is 3. The number of hydrogen-bond acceptors (Lipinski definition) is 7. The number of aromatic nitrogens is 2. The topological polar surface area (TPSA) is 111 Å². The summed E-state index contributed by atoms with van der Waals surface area (Å²) in [6.07, 6.45) is 1.40. The van der Waals surface area contributed by atoms with Crippen LogP contribution in [0.4, 0.5) is 11.4 Å². The highest BCUT2D eigenvalue weighted by atomic mass is 32.1. The Bertz CT molecular complexity index is 1750. The van der Waals surface area contributed by atoms with Crippen LogP contribution in [0.1, 0.15) is 46.1 Å².